The van der Waals surface area contributed by atoms with Crippen molar-refractivity contribution >= 4 is 57.4 Å². The van der Waals surface area contributed by atoms with Gasteiger partial charge in [-0.3, -0.25) is 4.79 Å². The van der Waals surface area contributed by atoms with Crippen LogP contribution in [0.1, 0.15) is 5.82 Å². The number of nitrogens with zero attached hydrogens (tertiary/aromatic N) is 1. The molecule has 0 fully saturated rings. The van der Waals surface area contributed by atoms with Crippen LogP contribution in [-0.2, 0) is 3.79 Å². The second kappa shape index (κ2) is 3.80. The topological polar surface area (TPSA) is 66.0 Å². The molecule has 0 atom stereocenters. The van der Waals surface area contributed by atoms with E-state index in [1.54, 1.807) is 22.6 Å². The third kappa shape index (κ3) is 2.61. The van der Waals surface area contributed by atoms with Crippen LogP contribution in [0, 0.1) is 3.57 Å². The van der Waals surface area contributed by atoms with Crippen LogP contribution >= 0.6 is 57.4 Å². The highest BCUT2D eigenvalue weighted by atomic mass is 127. The summed E-state index contributed by atoms with van der Waals surface area (Å²) in [5.74, 6) is -0.661. The Morgan fingerprint density at radius 3 is 2.38 bits per heavy atom. The zero-order chi connectivity index (χ0) is 10.2. The summed E-state index contributed by atoms with van der Waals surface area (Å²) in [6.45, 7) is 0. The van der Waals surface area contributed by atoms with Crippen LogP contribution in [0.15, 0.2) is 4.79 Å². The van der Waals surface area contributed by atoms with Gasteiger partial charge < -0.3 is 10.1 Å². The molecule has 0 radical (unpaired) electrons. The Balaban J connectivity index is 3.38. The molecule has 0 aromatic carbocycles. The highest BCUT2D eigenvalue weighted by Gasteiger charge is 2.27. The van der Waals surface area contributed by atoms with E-state index in [9.17, 15) is 4.79 Å². The molecular formula is C5H2Cl3IN2O2. The van der Waals surface area contributed by atoms with Crippen LogP contribution in [0.2, 0.25) is 0 Å². The van der Waals surface area contributed by atoms with Gasteiger partial charge in [-0.25, -0.2) is 0 Å². The number of halogens is 4. The normalized spacial score (nSPS) is 11.7. The second-order valence-corrected chi connectivity index (χ2v) is 5.41. The van der Waals surface area contributed by atoms with Crippen LogP contribution in [-0.4, -0.2) is 15.1 Å². The summed E-state index contributed by atoms with van der Waals surface area (Å²) in [4.78, 5) is 16.8. The molecule has 0 aliphatic carbocycles. The number of H-pyrrole nitrogens is 1. The highest BCUT2D eigenvalue weighted by Crippen LogP contribution is 2.35. The summed E-state index contributed by atoms with van der Waals surface area (Å²) in [5.41, 5.74) is -0.547. The summed E-state index contributed by atoms with van der Waals surface area (Å²) in [7, 11) is 0. The van der Waals surface area contributed by atoms with E-state index >= 15 is 0 Å². The molecule has 0 amide bonds. The molecule has 13 heavy (non-hydrogen) atoms. The number of aromatic amines is 1. The van der Waals surface area contributed by atoms with Crippen molar-refractivity contribution in [3.05, 3.63) is 19.7 Å². The SMILES string of the molecule is O=c1[nH]c(C(Cl)(Cl)Cl)nc(O)c1I. The van der Waals surface area contributed by atoms with Crippen molar-refractivity contribution in [2.45, 2.75) is 3.79 Å². The van der Waals surface area contributed by atoms with Crippen LogP contribution in [0.5, 0.6) is 5.88 Å². The maximum atomic E-state index is 11.1. The summed E-state index contributed by atoms with van der Waals surface area (Å²) in [6.07, 6.45) is 0. The van der Waals surface area contributed by atoms with Gasteiger partial charge in [0.25, 0.3) is 5.56 Å². The first-order valence-electron chi connectivity index (χ1n) is 2.88. The molecule has 1 aromatic rings. The average molecular weight is 355 g/mol. The van der Waals surface area contributed by atoms with Gasteiger partial charge in [0.15, 0.2) is 5.82 Å². The van der Waals surface area contributed by atoms with Gasteiger partial charge in [0.2, 0.25) is 9.67 Å². The lowest BCUT2D eigenvalue weighted by Crippen LogP contribution is -2.18. The molecule has 0 aliphatic rings. The van der Waals surface area contributed by atoms with Gasteiger partial charge in [-0.1, -0.05) is 34.8 Å². The number of rotatable bonds is 0. The van der Waals surface area contributed by atoms with Crippen LogP contribution in [0.25, 0.3) is 0 Å². The summed E-state index contributed by atoms with van der Waals surface area (Å²) < 4.78 is -1.79. The van der Waals surface area contributed by atoms with E-state index in [1.165, 1.54) is 0 Å². The maximum Gasteiger partial charge on any atom is 0.268 e. The molecule has 0 unspecified atom stereocenters. The molecule has 72 valence electrons. The fourth-order valence-electron chi connectivity index (χ4n) is 0.581. The van der Waals surface area contributed by atoms with E-state index in [0.29, 0.717) is 0 Å². The van der Waals surface area contributed by atoms with Crippen molar-refractivity contribution in [2.24, 2.45) is 0 Å². The lowest BCUT2D eigenvalue weighted by Gasteiger charge is -2.09. The molecule has 0 aliphatic heterocycles. The third-order valence-electron chi connectivity index (χ3n) is 1.11. The lowest BCUT2D eigenvalue weighted by molar-refractivity contribution is 0.443. The fourth-order valence-corrected chi connectivity index (χ4v) is 1.11. The predicted octanol–water partition coefficient (Wildman–Crippen LogP) is 1.91. The Kier molecular flexibility index (Phi) is 3.32. The van der Waals surface area contributed by atoms with Crippen LogP contribution in [0.4, 0.5) is 0 Å². The standard InChI is InChI=1S/C5H2Cl3IN2O2/c6-5(7,8)4-10-2(12)1(9)3(13)11-4/h(H2,10,11,12,13). The molecule has 1 aromatic heterocycles. The Morgan fingerprint density at radius 1 is 1.46 bits per heavy atom. The molecule has 8 heteroatoms. The molecule has 4 nitrogen and oxygen atoms in total. The summed E-state index contributed by atoms with van der Waals surface area (Å²) in [6, 6.07) is 0. The molecular weight excluding hydrogens is 353 g/mol. The van der Waals surface area contributed by atoms with Crippen molar-refractivity contribution < 1.29 is 5.11 Å². The monoisotopic (exact) mass is 354 g/mol. The summed E-state index contributed by atoms with van der Waals surface area (Å²) in [5, 5.41) is 9.13. The zero-order valence-corrected chi connectivity index (χ0v) is 10.2. The first-order valence-corrected chi connectivity index (χ1v) is 5.09. The summed E-state index contributed by atoms with van der Waals surface area (Å²) >= 11 is 17.9. The number of aromatic hydroxyl groups is 1. The van der Waals surface area contributed by atoms with E-state index in [4.69, 9.17) is 39.9 Å². The van der Waals surface area contributed by atoms with Crippen LogP contribution < -0.4 is 5.56 Å². The Hall–Kier alpha value is 0.280. The molecule has 0 bridgehead atoms. The maximum absolute atomic E-state index is 11.1. The Morgan fingerprint density at radius 2 is 2.00 bits per heavy atom. The van der Waals surface area contributed by atoms with Crippen molar-refractivity contribution in [3.63, 3.8) is 0 Å². The van der Waals surface area contributed by atoms with Gasteiger partial charge in [0.1, 0.15) is 3.57 Å². The minimum Gasteiger partial charge on any atom is -0.492 e. The van der Waals surface area contributed by atoms with Gasteiger partial charge in [-0.05, 0) is 22.6 Å². The highest BCUT2D eigenvalue weighted by molar-refractivity contribution is 14.1. The first-order chi connectivity index (χ1) is 5.82. The van der Waals surface area contributed by atoms with Crippen LogP contribution in [0.3, 0.4) is 0 Å². The first kappa shape index (κ1) is 11.4. The molecule has 1 heterocycles. The Bertz CT molecular complexity index is 386. The van der Waals surface area contributed by atoms with Crippen molar-refractivity contribution in [1.29, 1.82) is 0 Å². The largest absolute Gasteiger partial charge is 0.492 e. The number of hydrogen-bond donors (Lipinski definition) is 2. The van der Waals surface area contributed by atoms with E-state index in [2.05, 4.69) is 9.97 Å². The van der Waals surface area contributed by atoms with Gasteiger partial charge in [-0.2, -0.15) is 4.98 Å². The van der Waals surface area contributed by atoms with Crippen molar-refractivity contribution in [1.82, 2.24) is 9.97 Å². The van der Waals surface area contributed by atoms with Gasteiger partial charge in [-0.15, -0.1) is 0 Å². The fraction of sp³-hybridized carbons (Fsp3) is 0.200. The Labute approximate surface area is 101 Å². The molecule has 0 saturated heterocycles. The predicted molar refractivity (Wildman–Crippen MR) is 58.5 cm³/mol. The number of nitrogens with one attached hydrogen (secondary N) is 1. The minimum atomic E-state index is -1.85. The van der Waals surface area contributed by atoms with Crippen molar-refractivity contribution in [3.8, 4) is 5.88 Å². The smallest absolute Gasteiger partial charge is 0.268 e. The second-order valence-electron chi connectivity index (χ2n) is 2.05. The third-order valence-corrected chi connectivity index (χ3v) is 2.62. The average Bonchev–Trinajstić information content (AvgIpc) is 1.97. The zero-order valence-electron chi connectivity index (χ0n) is 5.81. The quantitative estimate of drug-likeness (QED) is 0.552. The van der Waals surface area contributed by atoms with E-state index in [-0.39, 0.29) is 9.39 Å². The van der Waals surface area contributed by atoms with Crippen molar-refractivity contribution in [2.75, 3.05) is 0 Å². The van der Waals surface area contributed by atoms with Gasteiger partial charge >= 0.3 is 0 Å². The van der Waals surface area contributed by atoms with E-state index in [0.717, 1.165) is 0 Å². The molecule has 0 saturated carbocycles. The number of aromatic nitrogens is 2. The lowest BCUT2D eigenvalue weighted by atomic mass is 10.5. The van der Waals surface area contributed by atoms with E-state index in [1.807, 2.05) is 0 Å². The molecule has 1 rings (SSSR count). The van der Waals surface area contributed by atoms with Gasteiger partial charge in [0.05, 0.1) is 0 Å². The van der Waals surface area contributed by atoms with E-state index < -0.39 is 15.2 Å². The minimum absolute atomic E-state index is 0.0515. The number of alkyl halides is 3. The molecule has 0 spiro atoms. The molecule has 2 N–H and O–H groups in total. The number of hydrogen-bond acceptors (Lipinski definition) is 3. The van der Waals surface area contributed by atoms with Gasteiger partial charge in [0, 0.05) is 0 Å².